The van der Waals surface area contributed by atoms with Gasteiger partial charge in [0.25, 0.3) is 0 Å². The predicted molar refractivity (Wildman–Crippen MR) is 84.2 cm³/mol. The summed E-state index contributed by atoms with van der Waals surface area (Å²) in [7, 11) is 0. The fraction of sp³-hybridized carbons (Fsp3) is 0.278. The molecule has 1 atom stereocenters. The molecule has 0 aliphatic rings. The van der Waals surface area contributed by atoms with E-state index >= 15 is 0 Å². The Morgan fingerprint density at radius 3 is 2.68 bits per heavy atom. The molecule has 4 heteroatoms. The van der Waals surface area contributed by atoms with Crippen LogP contribution in [-0.2, 0) is 17.9 Å². The molecule has 0 amide bonds. The lowest BCUT2D eigenvalue weighted by Gasteiger charge is -2.11. The number of Topliss-reactive ketones (excluding diaryl/α,β-unsaturated/α-hetero) is 1. The summed E-state index contributed by atoms with van der Waals surface area (Å²) >= 11 is 0. The highest BCUT2D eigenvalue weighted by Crippen LogP contribution is 2.15. The lowest BCUT2D eigenvalue weighted by atomic mass is 10.2. The van der Waals surface area contributed by atoms with Gasteiger partial charge in [0.05, 0.1) is 10.1 Å². The maximum Gasteiger partial charge on any atom is 0.146 e. The number of nitrogens with one attached hydrogen (secondary N) is 1. The molecule has 3 nitrogen and oxygen atoms in total. The molecule has 0 unspecified atom stereocenters. The normalized spacial score (nSPS) is 18.0. The zero-order valence-corrected chi connectivity index (χ0v) is 12.3. The summed E-state index contributed by atoms with van der Waals surface area (Å²) in [5.41, 5.74) is 0.149. The Labute approximate surface area is 137 Å². The van der Waals surface area contributed by atoms with Gasteiger partial charge in [0.2, 0.25) is 0 Å². The van der Waals surface area contributed by atoms with Crippen molar-refractivity contribution in [1.29, 1.82) is 0 Å². The number of benzene rings is 2. The lowest BCUT2D eigenvalue weighted by molar-refractivity contribution is -0.118. The number of halogens is 1. The van der Waals surface area contributed by atoms with Crippen LogP contribution in [-0.4, -0.2) is 11.8 Å². The van der Waals surface area contributed by atoms with Gasteiger partial charge in [-0.3, -0.25) is 4.79 Å². The number of rotatable bonds is 7. The largest absolute Gasteiger partial charge is 0.489 e. The maximum atomic E-state index is 13.3. The average Bonchev–Trinajstić information content (AvgIpc) is 2.54. The van der Waals surface area contributed by atoms with Crippen molar-refractivity contribution in [1.82, 2.24) is 5.32 Å². The minimum atomic E-state index is -2.28. The first-order valence-corrected chi connectivity index (χ1v) is 6.69. The van der Waals surface area contributed by atoms with Crippen LogP contribution in [0, 0.1) is 5.82 Å². The fourth-order valence-electron chi connectivity index (χ4n) is 1.53. The topological polar surface area (TPSA) is 38.3 Å². The maximum absolute atomic E-state index is 13.3. The molecule has 0 radical (unpaired) electrons. The van der Waals surface area contributed by atoms with Crippen LogP contribution >= 0.6 is 0 Å². The van der Waals surface area contributed by atoms with Crippen molar-refractivity contribution in [3.05, 3.63) is 65.5 Å². The molecule has 2 aromatic carbocycles. The number of carbonyl (C=O) groups excluding carboxylic acids is 1. The highest BCUT2D eigenvalue weighted by molar-refractivity contribution is 5.80. The Balaban J connectivity index is 2.18. The molecule has 0 spiro atoms. The van der Waals surface area contributed by atoms with E-state index in [2.05, 4.69) is 5.32 Å². The number of ether oxygens (including phenoxy) is 1. The van der Waals surface area contributed by atoms with Gasteiger partial charge < -0.3 is 10.1 Å². The van der Waals surface area contributed by atoms with Crippen LogP contribution in [0.3, 0.4) is 0 Å². The Hall–Kier alpha value is -2.20. The van der Waals surface area contributed by atoms with Crippen LogP contribution in [0.2, 0.25) is 0 Å². The number of hydrogen-bond acceptors (Lipinski definition) is 3. The molecule has 22 heavy (non-hydrogen) atoms. The summed E-state index contributed by atoms with van der Waals surface area (Å²) in [6.45, 7) is -1.99. The smallest absolute Gasteiger partial charge is 0.146 e. The zero-order valence-electron chi connectivity index (χ0n) is 17.3. The predicted octanol–water partition coefficient (Wildman–Crippen LogP) is 3.47. The van der Waals surface area contributed by atoms with Crippen molar-refractivity contribution < 1.29 is 20.8 Å². The Kier molecular flexibility index (Phi) is 3.68. The van der Waals surface area contributed by atoms with Crippen molar-refractivity contribution in [2.24, 2.45) is 0 Å². The molecule has 0 saturated carbocycles. The van der Waals surface area contributed by atoms with Gasteiger partial charge in [0, 0.05) is 9.24 Å². The molecule has 116 valence electrons. The second-order valence-corrected chi connectivity index (χ2v) is 4.67. The second kappa shape index (κ2) is 7.71. The van der Waals surface area contributed by atoms with E-state index in [9.17, 15) is 9.18 Å². The third-order valence-corrected chi connectivity index (χ3v) is 2.89. The van der Waals surface area contributed by atoms with E-state index in [0.717, 1.165) is 6.07 Å². The van der Waals surface area contributed by atoms with Gasteiger partial charge in [0.1, 0.15) is 23.9 Å². The van der Waals surface area contributed by atoms with E-state index in [1.165, 1.54) is 56.3 Å². The molecule has 0 aliphatic heterocycles. The first kappa shape index (κ1) is 10.5. The van der Waals surface area contributed by atoms with Gasteiger partial charge in [-0.05, 0) is 49.2 Å². The molecule has 2 aromatic rings. The van der Waals surface area contributed by atoms with Crippen LogP contribution in [0.15, 0.2) is 48.5 Å². The third-order valence-electron chi connectivity index (χ3n) is 2.89. The van der Waals surface area contributed by atoms with Gasteiger partial charge in [0.15, 0.2) is 0 Å². The quantitative estimate of drug-likeness (QED) is 0.851. The van der Waals surface area contributed by atoms with E-state index in [1.807, 2.05) is 0 Å². The second-order valence-electron chi connectivity index (χ2n) is 4.67. The molecular weight excluding hydrogens is 281 g/mol. The fourth-order valence-corrected chi connectivity index (χ4v) is 1.53. The highest BCUT2D eigenvalue weighted by atomic mass is 19.1. The minimum Gasteiger partial charge on any atom is -0.489 e. The van der Waals surface area contributed by atoms with E-state index in [-0.39, 0.29) is 16.9 Å². The first-order valence-electron chi connectivity index (χ1n) is 9.19. The molecular formula is C18H20FNO2. The summed E-state index contributed by atoms with van der Waals surface area (Å²) in [5, 5.41) is 2.34. The van der Waals surface area contributed by atoms with Crippen LogP contribution in [0.4, 0.5) is 4.39 Å². The Morgan fingerprint density at radius 2 is 2.05 bits per heavy atom. The molecule has 0 bridgehead atoms. The van der Waals surface area contributed by atoms with E-state index in [4.69, 9.17) is 11.6 Å². The molecule has 0 saturated heterocycles. The molecule has 2 rings (SSSR count). The van der Waals surface area contributed by atoms with Crippen LogP contribution in [0.25, 0.3) is 0 Å². The van der Waals surface area contributed by atoms with E-state index in [0.29, 0.717) is 0 Å². The number of hydrogen-bond donors (Lipinski definition) is 1. The third kappa shape index (κ3) is 4.97. The average molecular weight is 306 g/mol. The summed E-state index contributed by atoms with van der Waals surface area (Å²) in [6, 6.07) is 8.66. The van der Waals surface area contributed by atoms with Crippen molar-refractivity contribution in [3.63, 3.8) is 0 Å². The van der Waals surface area contributed by atoms with Crippen molar-refractivity contribution in [2.75, 3.05) is 0 Å². The Morgan fingerprint density at radius 1 is 1.32 bits per heavy atom. The standard InChI is InChI=1S/C18H20FNO2/c1-13(14(2)21)20-11-15-6-8-18(9-7-15)22-12-16-4-3-5-17(19)10-16/h3-10,13,20H,11-12H2,1-2H3/t13-/m0/s1/i11D2,12D2,13D. The first-order chi connectivity index (χ1) is 12.3. The minimum absolute atomic E-state index is 0.00926. The lowest BCUT2D eigenvalue weighted by Crippen LogP contribution is -2.31. The van der Waals surface area contributed by atoms with Gasteiger partial charge in [-0.2, -0.15) is 0 Å². The summed E-state index contributed by atoms with van der Waals surface area (Å²) in [6.07, 6.45) is 0. The van der Waals surface area contributed by atoms with Gasteiger partial charge in [-0.15, -0.1) is 0 Å². The summed E-state index contributed by atoms with van der Waals surface area (Å²) in [4.78, 5) is 11.4. The number of ketones is 1. The summed E-state index contributed by atoms with van der Waals surface area (Å²) in [5.74, 6) is -1.00. The summed E-state index contributed by atoms with van der Waals surface area (Å²) < 4.78 is 58.5. The van der Waals surface area contributed by atoms with Crippen LogP contribution < -0.4 is 10.1 Å². The molecule has 0 fully saturated rings. The highest BCUT2D eigenvalue weighted by Gasteiger charge is 2.06. The molecule has 0 aromatic heterocycles. The van der Waals surface area contributed by atoms with Crippen LogP contribution in [0.5, 0.6) is 5.75 Å². The molecule has 0 heterocycles. The van der Waals surface area contributed by atoms with Crippen molar-refractivity contribution in [2.45, 2.75) is 32.9 Å². The van der Waals surface area contributed by atoms with Crippen molar-refractivity contribution >= 4 is 5.78 Å². The number of carbonyl (C=O) groups is 1. The monoisotopic (exact) mass is 306 g/mol. The van der Waals surface area contributed by atoms with E-state index in [1.54, 1.807) is 0 Å². The zero-order chi connectivity index (χ0) is 20.5. The molecule has 0 aliphatic carbocycles. The Bertz CT molecular complexity index is 825. The van der Waals surface area contributed by atoms with Gasteiger partial charge in [-0.25, -0.2) is 4.39 Å². The van der Waals surface area contributed by atoms with Crippen molar-refractivity contribution in [3.8, 4) is 5.75 Å². The SMILES string of the molecule is [2H]C([2H])(N[C@@]([2H])(C)C(C)=O)c1ccc(OC([2H])([2H])c2cccc(F)c2)cc1. The van der Waals surface area contributed by atoms with Gasteiger partial charge in [-0.1, -0.05) is 24.3 Å². The van der Waals surface area contributed by atoms with Gasteiger partial charge >= 0.3 is 0 Å². The van der Waals surface area contributed by atoms with Crippen LogP contribution in [0.1, 0.15) is 31.8 Å². The van der Waals surface area contributed by atoms with E-state index < -0.39 is 30.7 Å². The molecule has 1 N–H and O–H groups in total.